The van der Waals surface area contributed by atoms with Crippen LogP contribution in [-0.4, -0.2) is 35.6 Å². The van der Waals surface area contributed by atoms with Crippen LogP contribution in [0.5, 0.6) is 0 Å². The molecule has 0 aliphatic carbocycles. The fraction of sp³-hybridized carbons (Fsp3) is 0.583. The summed E-state index contributed by atoms with van der Waals surface area (Å²) in [7, 11) is 1.33. The number of esters is 1. The van der Waals surface area contributed by atoms with Crippen molar-refractivity contribution >= 4 is 11.8 Å². The predicted molar refractivity (Wildman–Crippen MR) is 66.1 cm³/mol. The Balaban J connectivity index is 2.88. The minimum absolute atomic E-state index is 0.233. The van der Waals surface area contributed by atoms with Crippen molar-refractivity contribution in [3.05, 3.63) is 18.1 Å². The van der Waals surface area contributed by atoms with Gasteiger partial charge in [0.1, 0.15) is 5.82 Å². The molecule has 0 amide bonds. The Morgan fingerprint density at radius 2 is 2.12 bits per heavy atom. The zero-order valence-corrected chi connectivity index (χ0v) is 10.8. The van der Waals surface area contributed by atoms with E-state index in [4.69, 9.17) is 0 Å². The second kappa shape index (κ2) is 6.18. The van der Waals surface area contributed by atoms with Crippen LogP contribution < -0.4 is 4.90 Å². The maximum Gasteiger partial charge on any atom is 0.358 e. The molecule has 0 unspecified atom stereocenters. The predicted octanol–water partition coefficient (Wildman–Crippen LogP) is 1.89. The summed E-state index contributed by atoms with van der Waals surface area (Å²) in [6, 6.07) is 0.355. The molecule has 1 aromatic heterocycles. The average molecular weight is 237 g/mol. The molecule has 5 nitrogen and oxygen atoms in total. The first-order chi connectivity index (χ1) is 8.10. The molecule has 0 saturated heterocycles. The van der Waals surface area contributed by atoms with Crippen LogP contribution in [0.1, 0.15) is 37.7 Å². The third-order valence-corrected chi connectivity index (χ3v) is 2.41. The molecule has 0 atom stereocenters. The molecule has 0 aromatic carbocycles. The summed E-state index contributed by atoms with van der Waals surface area (Å²) in [4.78, 5) is 21.7. The van der Waals surface area contributed by atoms with Crippen LogP contribution in [0, 0.1) is 0 Å². The first-order valence-electron chi connectivity index (χ1n) is 5.77. The van der Waals surface area contributed by atoms with E-state index in [9.17, 15) is 4.79 Å². The highest BCUT2D eigenvalue weighted by Gasteiger charge is 2.13. The van der Waals surface area contributed by atoms with Crippen LogP contribution in [0.15, 0.2) is 12.4 Å². The van der Waals surface area contributed by atoms with E-state index in [1.54, 1.807) is 6.20 Å². The van der Waals surface area contributed by atoms with Gasteiger partial charge in [0.25, 0.3) is 0 Å². The third kappa shape index (κ3) is 3.41. The number of anilines is 1. The van der Waals surface area contributed by atoms with Crippen molar-refractivity contribution in [2.24, 2.45) is 0 Å². The Morgan fingerprint density at radius 1 is 1.41 bits per heavy atom. The molecule has 94 valence electrons. The standard InChI is InChI=1S/C12H19N3O2/c1-5-6-15(9(2)3)11-8-13-10(7-14-11)12(16)17-4/h7-9H,5-6H2,1-4H3. The molecule has 0 spiro atoms. The van der Waals surface area contributed by atoms with Crippen molar-refractivity contribution in [2.75, 3.05) is 18.6 Å². The van der Waals surface area contributed by atoms with Crippen LogP contribution in [0.3, 0.4) is 0 Å². The molecule has 0 N–H and O–H groups in total. The molecule has 0 bridgehead atoms. The Morgan fingerprint density at radius 3 is 2.53 bits per heavy atom. The van der Waals surface area contributed by atoms with Crippen molar-refractivity contribution in [2.45, 2.75) is 33.2 Å². The van der Waals surface area contributed by atoms with E-state index < -0.39 is 5.97 Å². The van der Waals surface area contributed by atoms with Gasteiger partial charge < -0.3 is 9.64 Å². The SMILES string of the molecule is CCCN(c1cnc(C(=O)OC)cn1)C(C)C. The fourth-order valence-corrected chi connectivity index (χ4v) is 1.56. The van der Waals surface area contributed by atoms with E-state index in [1.807, 2.05) is 0 Å². The first kappa shape index (κ1) is 13.4. The molecule has 5 heteroatoms. The Labute approximate surface area is 102 Å². The molecule has 0 aliphatic heterocycles. The number of carbonyl (C=O) groups is 1. The lowest BCUT2D eigenvalue weighted by Gasteiger charge is -2.26. The second-order valence-electron chi connectivity index (χ2n) is 4.04. The summed E-state index contributed by atoms with van der Waals surface area (Å²) in [5, 5.41) is 0. The molecule has 1 rings (SSSR count). The number of hydrogen-bond acceptors (Lipinski definition) is 5. The lowest BCUT2D eigenvalue weighted by Crippen LogP contribution is -2.32. The topological polar surface area (TPSA) is 55.3 Å². The number of nitrogens with zero attached hydrogens (tertiary/aromatic N) is 3. The van der Waals surface area contributed by atoms with E-state index >= 15 is 0 Å². The molecule has 1 aromatic rings. The minimum atomic E-state index is -0.462. The summed E-state index contributed by atoms with van der Waals surface area (Å²) < 4.78 is 4.58. The van der Waals surface area contributed by atoms with Gasteiger partial charge in [0.15, 0.2) is 5.69 Å². The quantitative estimate of drug-likeness (QED) is 0.732. The number of aromatic nitrogens is 2. The first-order valence-corrected chi connectivity index (χ1v) is 5.77. The van der Waals surface area contributed by atoms with Crippen LogP contribution >= 0.6 is 0 Å². The fourth-order valence-electron chi connectivity index (χ4n) is 1.56. The highest BCUT2D eigenvalue weighted by atomic mass is 16.5. The highest BCUT2D eigenvalue weighted by molar-refractivity contribution is 5.86. The number of carbonyl (C=O) groups excluding carboxylic acids is 1. The zero-order valence-electron chi connectivity index (χ0n) is 10.8. The molecular formula is C12H19N3O2. The number of rotatable bonds is 5. The van der Waals surface area contributed by atoms with Crippen LogP contribution in [0.2, 0.25) is 0 Å². The van der Waals surface area contributed by atoms with Gasteiger partial charge in [0, 0.05) is 12.6 Å². The van der Waals surface area contributed by atoms with Crippen molar-refractivity contribution in [1.29, 1.82) is 0 Å². The van der Waals surface area contributed by atoms with E-state index in [-0.39, 0.29) is 5.69 Å². The molecule has 0 radical (unpaired) electrons. The summed E-state index contributed by atoms with van der Waals surface area (Å²) >= 11 is 0. The van der Waals surface area contributed by atoms with Gasteiger partial charge >= 0.3 is 5.97 Å². The summed E-state index contributed by atoms with van der Waals surface area (Å²) in [6.07, 6.45) is 4.10. The van der Waals surface area contributed by atoms with Crippen LogP contribution in [0.4, 0.5) is 5.82 Å². The summed E-state index contributed by atoms with van der Waals surface area (Å²) in [5.41, 5.74) is 0.233. The highest BCUT2D eigenvalue weighted by Crippen LogP contribution is 2.13. The van der Waals surface area contributed by atoms with Gasteiger partial charge in [-0.3, -0.25) is 0 Å². The maximum atomic E-state index is 11.2. The lowest BCUT2D eigenvalue weighted by molar-refractivity contribution is 0.0593. The Hall–Kier alpha value is -1.65. The zero-order chi connectivity index (χ0) is 12.8. The van der Waals surface area contributed by atoms with Crippen LogP contribution in [0.25, 0.3) is 0 Å². The van der Waals surface area contributed by atoms with Gasteiger partial charge in [0.05, 0.1) is 19.5 Å². The molecular weight excluding hydrogens is 218 g/mol. The van der Waals surface area contributed by atoms with Crippen molar-refractivity contribution in [3.63, 3.8) is 0 Å². The summed E-state index contributed by atoms with van der Waals surface area (Å²) in [5.74, 6) is 0.324. The van der Waals surface area contributed by atoms with Crippen molar-refractivity contribution in [1.82, 2.24) is 9.97 Å². The normalized spacial score (nSPS) is 10.4. The third-order valence-electron chi connectivity index (χ3n) is 2.41. The van der Waals surface area contributed by atoms with Gasteiger partial charge in [-0.1, -0.05) is 6.92 Å². The van der Waals surface area contributed by atoms with Crippen LogP contribution in [-0.2, 0) is 4.74 Å². The molecule has 0 saturated carbocycles. The smallest absolute Gasteiger partial charge is 0.358 e. The number of hydrogen-bond donors (Lipinski definition) is 0. The number of methoxy groups -OCH3 is 1. The minimum Gasteiger partial charge on any atom is -0.464 e. The van der Waals surface area contributed by atoms with E-state index in [0.29, 0.717) is 6.04 Å². The molecule has 0 fully saturated rings. The summed E-state index contributed by atoms with van der Waals surface area (Å²) in [6.45, 7) is 7.24. The largest absolute Gasteiger partial charge is 0.464 e. The monoisotopic (exact) mass is 237 g/mol. The lowest BCUT2D eigenvalue weighted by atomic mass is 10.3. The second-order valence-corrected chi connectivity index (χ2v) is 4.04. The van der Waals surface area contributed by atoms with E-state index in [2.05, 4.69) is 40.4 Å². The molecule has 0 aliphatic rings. The molecule has 1 heterocycles. The molecule has 17 heavy (non-hydrogen) atoms. The van der Waals surface area contributed by atoms with Gasteiger partial charge in [-0.05, 0) is 20.3 Å². The van der Waals surface area contributed by atoms with E-state index in [0.717, 1.165) is 18.8 Å². The van der Waals surface area contributed by atoms with Crippen molar-refractivity contribution in [3.8, 4) is 0 Å². The van der Waals surface area contributed by atoms with E-state index in [1.165, 1.54) is 13.3 Å². The Bertz CT molecular complexity index is 363. The van der Waals surface area contributed by atoms with Crippen molar-refractivity contribution < 1.29 is 9.53 Å². The maximum absolute atomic E-state index is 11.2. The van der Waals surface area contributed by atoms with Gasteiger partial charge in [0.2, 0.25) is 0 Å². The van der Waals surface area contributed by atoms with Gasteiger partial charge in [-0.25, -0.2) is 14.8 Å². The average Bonchev–Trinajstić information content (AvgIpc) is 2.35. The Kier molecular flexibility index (Phi) is 4.87. The van der Waals surface area contributed by atoms with Gasteiger partial charge in [-0.15, -0.1) is 0 Å². The number of ether oxygens (including phenoxy) is 1. The van der Waals surface area contributed by atoms with Gasteiger partial charge in [-0.2, -0.15) is 0 Å².